The topological polar surface area (TPSA) is 77.0 Å². The van der Waals surface area contributed by atoms with E-state index in [0.29, 0.717) is 5.13 Å². The first-order chi connectivity index (χ1) is 11.1. The number of hydrogen-bond acceptors (Lipinski definition) is 7. The van der Waals surface area contributed by atoms with Gasteiger partial charge in [-0.3, -0.25) is 4.79 Å². The van der Waals surface area contributed by atoms with Crippen LogP contribution in [0.4, 0.5) is 5.13 Å². The van der Waals surface area contributed by atoms with Crippen molar-refractivity contribution in [2.24, 2.45) is 0 Å². The summed E-state index contributed by atoms with van der Waals surface area (Å²) in [6.07, 6.45) is 1.50. The van der Waals surface area contributed by atoms with E-state index in [4.69, 9.17) is 4.74 Å². The highest BCUT2D eigenvalue weighted by molar-refractivity contribution is 7.99. The van der Waals surface area contributed by atoms with Gasteiger partial charge in [-0.15, -0.1) is 0 Å². The van der Waals surface area contributed by atoms with Crippen molar-refractivity contribution < 1.29 is 9.53 Å². The number of carbonyl (C=O) groups is 1. The fourth-order valence-corrected chi connectivity index (χ4v) is 3.53. The molecule has 1 aromatic carbocycles. The molecule has 0 spiro atoms. The second-order valence-electron chi connectivity index (χ2n) is 4.69. The minimum Gasteiger partial charge on any atom is -0.497 e. The number of carbonyl (C=O) groups excluding carboxylic acids is 1. The summed E-state index contributed by atoms with van der Waals surface area (Å²) >= 11 is 2.79. The van der Waals surface area contributed by atoms with E-state index in [1.54, 1.807) is 7.11 Å². The van der Waals surface area contributed by atoms with Crippen molar-refractivity contribution in [2.45, 2.75) is 11.9 Å². The van der Waals surface area contributed by atoms with Gasteiger partial charge in [0.05, 0.1) is 23.1 Å². The van der Waals surface area contributed by atoms with Crippen LogP contribution in [0.1, 0.15) is 5.69 Å². The first-order valence-corrected chi connectivity index (χ1v) is 8.60. The Bertz CT molecular complexity index is 850. The molecule has 0 unspecified atom stereocenters. The molecule has 3 aromatic rings. The minimum atomic E-state index is -0.114. The quantitative estimate of drug-likeness (QED) is 0.565. The fraction of sp³-hybridized carbons (Fsp3) is 0.200. The molecule has 2 heterocycles. The zero-order valence-electron chi connectivity index (χ0n) is 12.6. The van der Waals surface area contributed by atoms with Gasteiger partial charge in [0, 0.05) is 5.69 Å². The van der Waals surface area contributed by atoms with E-state index in [2.05, 4.69) is 20.3 Å². The zero-order valence-corrected chi connectivity index (χ0v) is 14.2. The molecule has 0 aliphatic carbocycles. The normalized spacial score (nSPS) is 10.7. The summed E-state index contributed by atoms with van der Waals surface area (Å²) in [4.78, 5) is 24.6. The van der Waals surface area contributed by atoms with Crippen LogP contribution in [-0.4, -0.2) is 33.7 Å². The Morgan fingerprint density at radius 3 is 3.00 bits per heavy atom. The van der Waals surface area contributed by atoms with Crippen LogP contribution in [0.2, 0.25) is 0 Å². The number of thiazole rings is 1. The molecule has 0 saturated carbocycles. The van der Waals surface area contributed by atoms with Gasteiger partial charge in [0.2, 0.25) is 5.91 Å². The molecule has 2 aromatic heterocycles. The van der Waals surface area contributed by atoms with Gasteiger partial charge in [0.25, 0.3) is 0 Å². The number of fused-ring (bicyclic) bond motifs is 1. The lowest BCUT2D eigenvalue weighted by Crippen LogP contribution is -2.13. The number of anilines is 1. The molecule has 0 fully saturated rings. The summed E-state index contributed by atoms with van der Waals surface area (Å²) in [7, 11) is 1.62. The molecule has 0 aliphatic heterocycles. The molecule has 0 atom stereocenters. The molecule has 0 aliphatic rings. The van der Waals surface area contributed by atoms with Crippen LogP contribution in [-0.2, 0) is 4.79 Å². The average Bonchev–Trinajstić information content (AvgIpc) is 2.94. The first kappa shape index (κ1) is 15.7. The molecular weight excluding hydrogens is 332 g/mol. The fourth-order valence-electron chi connectivity index (χ4n) is 1.89. The molecular formula is C15H14N4O2S2. The van der Waals surface area contributed by atoms with Gasteiger partial charge >= 0.3 is 0 Å². The van der Waals surface area contributed by atoms with Gasteiger partial charge < -0.3 is 10.1 Å². The van der Waals surface area contributed by atoms with E-state index < -0.39 is 0 Å². The number of aryl methyl sites for hydroxylation is 1. The molecule has 1 amide bonds. The molecule has 118 valence electrons. The number of rotatable bonds is 5. The highest BCUT2D eigenvalue weighted by Gasteiger charge is 2.09. The second kappa shape index (κ2) is 6.93. The number of nitrogens with one attached hydrogen (secondary N) is 1. The Kier molecular flexibility index (Phi) is 4.73. The second-order valence-corrected chi connectivity index (χ2v) is 6.71. The predicted octanol–water partition coefficient (Wildman–Crippen LogP) is 3.13. The third-order valence-electron chi connectivity index (χ3n) is 2.97. The van der Waals surface area contributed by atoms with Crippen LogP contribution in [0, 0.1) is 6.92 Å². The molecule has 3 rings (SSSR count). The Hall–Kier alpha value is -2.19. The summed E-state index contributed by atoms with van der Waals surface area (Å²) in [5.41, 5.74) is 1.72. The highest BCUT2D eigenvalue weighted by atomic mass is 32.2. The number of amides is 1. The molecule has 0 saturated heterocycles. The van der Waals surface area contributed by atoms with Gasteiger partial charge in [-0.1, -0.05) is 23.1 Å². The van der Waals surface area contributed by atoms with Crippen LogP contribution in [0.3, 0.4) is 0 Å². The number of aromatic nitrogens is 3. The van der Waals surface area contributed by atoms with Crippen LogP contribution >= 0.6 is 23.1 Å². The summed E-state index contributed by atoms with van der Waals surface area (Å²) in [6, 6.07) is 7.47. The summed E-state index contributed by atoms with van der Waals surface area (Å²) in [5.74, 6) is 0.932. The number of benzene rings is 1. The van der Waals surface area contributed by atoms with E-state index in [-0.39, 0.29) is 11.7 Å². The predicted molar refractivity (Wildman–Crippen MR) is 92.3 cm³/mol. The van der Waals surface area contributed by atoms with Crippen LogP contribution in [0.25, 0.3) is 10.2 Å². The van der Waals surface area contributed by atoms with Crippen molar-refractivity contribution in [1.29, 1.82) is 0 Å². The highest BCUT2D eigenvalue weighted by Crippen LogP contribution is 2.29. The number of thioether (sulfide) groups is 1. The molecule has 23 heavy (non-hydrogen) atoms. The minimum absolute atomic E-state index is 0.114. The van der Waals surface area contributed by atoms with Crippen molar-refractivity contribution in [2.75, 3.05) is 18.2 Å². The monoisotopic (exact) mass is 346 g/mol. The van der Waals surface area contributed by atoms with E-state index >= 15 is 0 Å². The number of hydrogen-bond donors (Lipinski definition) is 1. The smallest absolute Gasteiger partial charge is 0.236 e. The van der Waals surface area contributed by atoms with Gasteiger partial charge in [0.15, 0.2) is 5.13 Å². The van der Waals surface area contributed by atoms with Crippen LogP contribution < -0.4 is 10.1 Å². The maximum atomic E-state index is 12.0. The SMILES string of the molecule is COc1ccc2nc(NC(=O)CSc3cc(C)ncn3)sc2c1. The Labute approximate surface area is 141 Å². The molecule has 6 nitrogen and oxygen atoms in total. The lowest BCUT2D eigenvalue weighted by Gasteiger charge is -2.01. The number of methoxy groups -OCH3 is 1. The van der Waals surface area contributed by atoms with Crippen molar-refractivity contribution in [1.82, 2.24) is 15.0 Å². The van der Waals surface area contributed by atoms with Crippen molar-refractivity contribution in [3.05, 3.63) is 36.3 Å². The van der Waals surface area contributed by atoms with Crippen molar-refractivity contribution in [3.8, 4) is 5.75 Å². The molecule has 1 N–H and O–H groups in total. The van der Waals surface area contributed by atoms with Crippen LogP contribution in [0.15, 0.2) is 35.6 Å². The Balaban J connectivity index is 1.63. The van der Waals surface area contributed by atoms with Gasteiger partial charge in [0.1, 0.15) is 17.1 Å². The van der Waals surface area contributed by atoms with E-state index in [9.17, 15) is 4.79 Å². The van der Waals surface area contributed by atoms with Crippen molar-refractivity contribution in [3.63, 3.8) is 0 Å². The standard InChI is InChI=1S/C15H14N4O2S2/c1-9-5-14(17-8-16-9)22-7-13(20)19-15-18-11-4-3-10(21-2)6-12(11)23-15/h3-6,8H,7H2,1-2H3,(H,18,19,20). The summed E-state index contributed by atoms with van der Waals surface area (Å²) < 4.78 is 6.16. The first-order valence-electron chi connectivity index (χ1n) is 6.80. The summed E-state index contributed by atoms with van der Waals surface area (Å²) in [6.45, 7) is 1.89. The maximum Gasteiger partial charge on any atom is 0.236 e. The summed E-state index contributed by atoms with van der Waals surface area (Å²) in [5, 5.41) is 4.18. The van der Waals surface area contributed by atoms with E-state index in [1.807, 2.05) is 31.2 Å². The molecule has 8 heteroatoms. The van der Waals surface area contributed by atoms with Crippen LogP contribution in [0.5, 0.6) is 5.75 Å². The third kappa shape index (κ3) is 3.96. The Morgan fingerprint density at radius 1 is 1.35 bits per heavy atom. The van der Waals surface area contributed by atoms with Gasteiger partial charge in [-0.2, -0.15) is 0 Å². The third-order valence-corrected chi connectivity index (χ3v) is 4.83. The lowest BCUT2D eigenvalue weighted by atomic mass is 10.3. The Morgan fingerprint density at radius 2 is 2.22 bits per heavy atom. The molecule has 0 bridgehead atoms. The zero-order chi connectivity index (χ0) is 16.2. The van der Waals surface area contributed by atoms with Gasteiger partial charge in [-0.25, -0.2) is 15.0 Å². The van der Waals surface area contributed by atoms with E-state index in [1.165, 1.54) is 29.4 Å². The van der Waals surface area contributed by atoms with E-state index in [0.717, 1.165) is 26.7 Å². The largest absolute Gasteiger partial charge is 0.497 e. The lowest BCUT2D eigenvalue weighted by molar-refractivity contribution is -0.113. The molecule has 0 radical (unpaired) electrons. The number of nitrogens with zero attached hydrogens (tertiary/aromatic N) is 3. The van der Waals surface area contributed by atoms with Crippen molar-refractivity contribution >= 4 is 44.4 Å². The maximum absolute atomic E-state index is 12.0. The van der Waals surface area contributed by atoms with Gasteiger partial charge in [-0.05, 0) is 31.2 Å². The average molecular weight is 346 g/mol. The number of ether oxygens (including phenoxy) is 1.